The van der Waals surface area contributed by atoms with E-state index in [2.05, 4.69) is 28.5 Å². The summed E-state index contributed by atoms with van der Waals surface area (Å²) >= 11 is 0. The first-order valence-corrected chi connectivity index (χ1v) is 7.26. The largest absolute Gasteiger partial charge is 0.359 e. The molecule has 3 nitrogen and oxygen atoms in total. The van der Waals surface area contributed by atoms with Crippen molar-refractivity contribution >= 4 is 22.4 Å². The molecule has 0 fully saturated rings. The lowest BCUT2D eigenvalue weighted by Gasteiger charge is -2.09. The monoisotopic (exact) mass is 290 g/mol. The van der Waals surface area contributed by atoms with Crippen LogP contribution in [0.3, 0.4) is 0 Å². The molecule has 1 amide bonds. The summed E-state index contributed by atoms with van der Waals surface area (Å²) in [7, 11) is 1.64. The molecule has 0 aliphatic rings. The van der Waals surface area contributed by atoms with Gasteiger partial charge in [0, 0.05) is 29.7 Å². The molecule has 0 radical (unpaired) electrons. The van der Waals surface area contributed by atoms with Gasteiger partial charge in [0.05, 0.1) is 0 Å². The first-order chi connectivity index (χ1) is 10.7. The summed E-state index contributed by atoms with van der Waals surface area (Å²) in [6, 6.07) is 18.3. The van der Waals surface area contributed by atoms with Gasteiger partial charge in [0.2, 0.25) is 5.91 Å². The van der Waals surface area contributed by atoms with Gasteiger partial charge in [-0.05, 0) is 41.8 Å². The van der Waals surface area contributed by atoms with Crippen molar-refractivity contribution in [3.63, 3.8) is 0 Å². The van der Waals surface area contributed by atoms with Gasteiger partial charge in [0.15, 0.2) is 0 Å². The Morgan fingerprint density at radius 3 is 2.55 bits per heavy atom. The van der Waals surface area contributed by atoms with Gasteiger partial charge < -0.3 is 10.3 Å². The van der Waals surface area contributed by atoms with Gasteiger partial charge in [0.25, 0.3) is 0 Å². The maximum atomic E-state index is 11.8. The van der Waals surface area contributed by atoms with E-state index in [1.807, 2.05) is 43.3 Å². The van der Waals surface area contributed by atoms with Gasteiger partial charge in [-0.15, -0.1) is 0 Å². The van der Waals surface area contributed by atoms with E-state index < -0.39 is 0 Å². The molecule has 3 rings (SSSR count). The quantitative estimate of drug-likeness (QED) is 0.710. The Kier molecular flexibility index (Phi) is 3.79. The topological polar surface area (TPSA) is 44.9 Å². The average molecular weight is 290 g/mol. The number of hydrogen-bond acceptors (Lipinski definition) is 1. The van der Waals surface area contributed by atoms with Crippen molar-refractivity contribution in [2.45, 2.75) is 6.92 Å². The third-order valence-corrected chi connectivity index (χ3v) is 3.67. The van der Waals surface area contributed by atoms with Crippen LogP contribution in [0.2, 0.25) is 0 Å². The molecule has 110 valence electrons. The first kappa shape index (κ1) is 14.1. The molecule has 0 aliphatic heterocycles. The van der Waals surface area contributed by atoms with Gasteiger partial charge in [-0.2, -0.15) is 0 Å². The number of likely N-dealkylation sites (N-methyl/N-ethyl adjacent to an activating group) is 1. The fourth-order valence-electron chi connectivity index (χ4n) is 2.60. The van der Waals surface area contributed by atoms with Crippen LogP contribution in [-0.2, 0) is 4.79 Å². The number of nitrogens with one attached hydrogen (secondary N) is 2. The molecule has 0 bridgehead atoms. The Morgan fingerprint density at radius 1 is 1.05 bits per heavy atom. The summed E-state index contributed by atoms with van der Waals surface area (Å²) in [5.74, 6) is -0.107. The molecule has 2 aromatic carbocycles. The number of carbonyl (C=O) groups excluding carboxylic acids is 1. The lowest BCUT2D eigenvalue weighted by Crippen LogP contribution is -2.15. The van der Waals surface area contributed by atoms with Gasteiger partial charge in [-0.25, -0.2) is 0 Å². The molecule has 2 N–H and O–H groups in total. The molecule has 1 aromatic heterocycles. The van der Waals surface area contributed by atoms with Gasteiger partial charge in [-0.1, -0.05) is 36.4 Å². The zero-order chi connectivity index (χ0) is 15.5. The number of fused-ring (bicyclic) bond motifs is 1. The van der Waals surface area contributed by atoms with Crippen LogP contribution in [0.15, 0.2) is 60.7 Å². The number of benzene rings is 2. The Balaban J connectivity index is 2.15. The number of hydrogen-bond donors (Lipinski definition) is 2. The van der Waals surface area contributed by atoms with Crippen LogP contribution in [-0.4, -0.2) is 17.9 Å². The van der Waals surface area contributed by atoms with E-state index in [9.17, 15) is 4.79 Å². The average Bonchev–Trinajstić information content (AvgIpc) is 2.92. The van der Waals surface area contributed by atoms with Crippen molar-refractivity contribution in [3.05, 3.63) is 77.5 Å². The number of carbonyl (C=O) groups is 1. The number of aryl methyl sites for hydroxylation is 1. The molecule has 0 spiro atoms. The number of rotatable bonds is 3. The minimum Gasteiger partial charge on any atom is -0.359 e. The van der Waals surface area contributed by atoms with Gasteiger partial charge in [0.1, 0.15) is 0 Å². The van der Waals surface area contributed by atoms with Gasteiger partial charge in [-0.3, -0.25) is 4.79 Å². The smallest absolute Gasteiger partial charge is 0.244 e. The number of H-pyrrole nitrogens is 1. The van der Waals surface area contributed by atoms with E-state index in [-0.39, 0.29) is 5.91 Å². The highest BCUT2D eigenvalue weighted by molar-refractivity contribution is 6.00. The second-order valence-electron chi connectivity index (χ2n) is 5.29. The minimum absolute atomic E-state index is 0.107. The Morgan fingerprint density at radius 2 is 1.82 bits per heavy atom. The Labute approximate surface area is 129 Å². The fraction of sp³-hybridized carbons (Fsp3) is 0.105. The van der Waals surface area contributed by atoms with Crippen LogP contribution in [0.5, 0.6) is 0 Å². The molecule has 3 heteroatoms. The SMILES string of the molecule is CNC(=O)/C=C(\c1ccccc1)c1ccc2[nH]c(C)cc2c1. The zero-order valence-electron chi connectivity index (χ0n) is 12.7. The molecule has 22 heavy (non-hydrogen) atoms. The van der Waals surface area contributed by atoms with E-state index in [1.54, 1.807) is 13.1 Å². The highest BCUT2D eigenvalue weighted by Crippen LogP contribution is 2.26. The summed E-state index contributed by atoms with van der Waals surface area (Å²) < 4.78 is 0. The van der Waals surface area contributed by atoms with E-state index in [4.69, 9.17) is 0 Å². The molecule has 0 saturated carbocycles. The number of aromatic nitrogens is 1. The van der Waals surface area contributed by atoms with Crippen molar-refractivity contribution < 1.29 is 4.79 Å². The third kappa shape index (κ3) is 2.79. The predicted octanol–water partition coefficient (Wildman–Crippen LogP) is 3.65. The lowest BCUT2D eigenvalue weighted by molar-refractivity contribution is -0.116. The Bertz CT molecular complexity index is 844. The lowest BCUT2D eigenvalue weighted by atomic mass is 9.96. The standard InChI is InChI=1S/C19H18N2O/c1-13-10-16-11-15(8-9-18(16)21-13)17(12-19(22)20-2)14-6-4-3-5-7-14/h3-12,21H,1-2H3,(H,20,22)/b17-12+. The highest BCUT2D eigenvalue weighted by atomic mass is 16.1. The van der Waals surface area contributed by atoms with Crippen LogP contribution >= 0.6 is 0 Å². The summed E-state index contributed by atoms with van der Waals surface area (Å²) in [6.07, 6.45) is 1.65. The maximum absolute atomic E-state index is 11.8. The van der Waals surface area contributed by atoms with Crippen molar-refractivity contribution in [1.29, 1.82) is 0 Å². The van der Waals surface area contributed by atoms with Gasteiger partial charge >= 0.3 is 0 Å². The van der Waals surface area contributed by atoms with E-state index in [1.165, 1.54) is 0 Å². The summed E-state index contributed by atoms with van der Waals surface area (Å²) in [5.41, 5.74) is 5.21. The molecular weight excluding hydrogens is 272 g/mol. The fourth-order valence-corrected chi connectivity index (χ4v) is 2.60. The van der Waals surface area contributed by atoms with Crippen LogP contribution < -0.4 is 5.32 Å². The van der Waals surface area contributed by atoms with E-state index >= 15 is 0 Å². The van der Waals surface area contributed by atoms with Crippen molar-refractivity contribution in [2.75, 3.05) is 7.05 Å². The molecule has 0 saturated heterocycles. The van der Waals surface area contributed by atoms with Crippen molar-refractivity contribution in [3.8, 4) is 0 Å². The maximum Gasteiger partial charge on any atom is 0.244 e. The van der Waals surface area contributed by atoms with E-state index in [0.717, 1.165) is 33.3 Å². The molecule has 3 aromatic rings. The zero-order valence-corrected chi connectivity index (χ0v) is 12.7. The predicted molar refractivity (Wildman–Crippen MR) is 90.6 cm³/mol. The highest BCUT2D eigenvalue weighted by Gasteiger charge is 2.08. The van der Waals surface area contributed by atoms with Crippen LogP contribution in [0.1, 0.15) is 16.8 Å². The molecule has 1 heterocycles. The van der Waals surface area contributed by atoms with Crippen LogP contribution in [0, 0.1) is 6.92 Å². The number of amides is 1. The molecule has 0 atom stereocenters. The molecular formula is C19H18N2O. The third-order valence-electron chi connectivity index (χ3n) is 3.67. The van der Waals surface area contributed by atoms with Crippen LogP contribution in [0.4, 0.5) is 0 Å². The molecule has 0 aliphatic carbocycles. The molecule has 0 unspecified atom stereocenters. The first-order valence-electron chi connectivity index (χ1n) is 7.26. The van der Waals surface area contributed by atoms with E-state index in [0.29, 0.717) is 0 Å². The minimum atomic E-state index is -0.107. The summed E-state index contributed by atoms with van der Waals surface area (Å²) in [5, 5.41) is 3.80. The second kappa shape index (κ2) is 5.90. The van der Waals surface area contributed by atoms with Crippen molar-refractivity contribution in [1.82, 2.24) is 10.3 Å². The second-order valence-corrected chi connectivity index (χ2v) is 5.29. The summed E-state index contributed by atoms with van der Waals surface area (Å²) in [4.78, 5) is 15.2. The van der Waals surface area contributed by atoms with Crippen LogP contribution in [0.25, 0.3) is 16.5 Å². The Hall–Kier alpha value is -2.81. The number of aromatic amines is 1. The van der Waals surface area contributed by atoms with Crippen molar-refractivity contribution in [2.24, 2.45) is 0 Å². The summed E-state index contributed by atoms with van der Waals surface area (Å²) in [6.45, 7) is 2.04. The normalized spacial score (nSPS) is 11.6.